The molecule has 5 nitrogen and oxygen atoms in total. The summed E-state index contributed by atoms with van der Waals surface area (Å²) in [5, 5.41) is 0. The average Bonchev–Trinajstić information content (AvgIpc) is 2.72. The fraction of sp³-hybridized carbons (Fsp3) is 0.833. The lowest BCUT2D eigenvalue weighted by atomic mass is 9.62. The molecule has 2 fully saturated rings. The molecular formula is C12H21N3O2. The molecule has 1 saturated carbocycles. The van der Waals surface area contributed by atoms with Crippen LogP contribution in [0.2, 0.25) is 0 Å². The van der Waals surface area contributed by atoms with Crippen LogP contribution < -0.4 is 11.5 Å². The van der Waals surface area contributed by atoms with E-state index < -0.39 is 0 Å². The average molecular weight is 239 g/mol. The maximum Gasteiger partial charge on any atom is 0.230 e. The summed E-state index contributed by atoms with van der Waals surface area (Å²) in [6, 6.07) is 0. The number of likely N-dealkylation sites (tertiary alicyclic amines) is 1. The first-order valence-corrected chi connectivity index (χ1v) is 6.27. The van der Waals surface area contributed by atoms with Crippen LogP contribution in [0, 0.1) is 17.3 Å². The van der Waals surface area contributed by atoms with Crippen molar-refractivity contribution < 1.29 is 9.59 Å². The van der Waals surface area contributed by atoms with Gasteiger partial charge in [-0.3, -0.25) is 9.59 Å². The quantitative estimate of drug-likeness (QED) is 0.708. The number of nitrogens with two attached hydrogens (primary N) is 2. The highest BCUT2D eigenvalue weighted by atomic mass is 16.2. The fourth-order valence-corrected chi connectivity index (χ4v) is 3.22. The molecule has 2 aliphatic rings. The standard InChI is InChI=1S/C12H21N3O2/c1-8-4-12(5-8,7-13)11(17)15-3-2-9(6-15)10(14)16/h8-9H,2-7,13H2,1H3,(H2,14,16). The zero-order valence-corrected chi connectivity index (χ0v) is 10.3. The number of rotatable bonds is 3. The Morgan fingerprint density at radius 1 is 1.41 bits per heavy atom. The molecule has 4 N–H and O–H groups in total. The van der Waals surface area contributed by atoms with Crippen LogP contribution in [0.3, 0.4) is 0 Å². The maximum absolute atomic E-state index is 12.4. The molecule has 5 heteroatoms. The van der Waals surface area contributed by atoms with Crippen LogP contribution in [0.25, 0.3) is 0 Å². The van der Waals surface area contributed by atoms with Crippen molar-refractivity contribution in [2.45, 2.75) is 26.2 Å². The minimum atomic E-state index is -0.355. The monoisotopic (exact) mass is 239 g/mol. The van der Waals surface area contributed by atoms with Crippen LogP contribution in [0.1, 0.15) is 26.2 Å². The summed E-state index contributed by atoms with van der Waals surface area (Å²) < 4.78 is 0. The molecule has 17 heavy (non-hydrogen) atoms. The van der Waals surface area contributed by atoms with Gasteiger partial charge in [0.05, 0.1) is 11.3 Å². The van der Waals surface area contributed by atoms with E-state index in [1.165, 1.54) is 0 Å². The molecule has 2 rings (SSSR count). The number of nitrogens with zero attached hydrogens (tertiary/aromatic N) is 1. The summed E-state index contributed by atoms with van der Waals surface area (Å²) in [6.45, 7) is 3.66. The highest BCUT2D eigenvalue weighted by molar-refractivity contribution is 5.86. The number of carbonyl (C=O) groups is 2. The van der Waals surface area contributed by atoms with Crippen molar-refractivity contribution >= 4 is 11.8 Å². The van der Waals surface area contributed by atoms with Crippen LogP contribution in [-0.2, 0) is 9.59 Å². The molecule has 0 spiro atoms. The summed E-state index contributed by atoms with van der Waals surface area (Å²) in [5.74, 6) is 0.231. The van der Waals surface area contributed by atoms with E-state index in [0.717, 1.165) is 12.8 Å². The summed E-state index contributed by atoms with van der Waals surface area (Å²) in [4.78, 5) is 25.2. The predicted molar refractivity (Wildman–Crippen MR) is 63.8 cm³/mol. The lowest BCUT2D eigenvalue weighted by Gasteiger charge is -2.46. The number of primary amides is 1. The van der Waals surface area contributed by atoms with Crippen LogP contribution >= 0.6 is 0 Å². The molecule has 0 radical (unpaired) electrons. The highest BCUT2D eigenvalue weighted by Crippen LogP contribution is 2.46. The van der Waals surface area contributed by atoms with Crippen molar-refractivity contribution in [3.8, 4) is 0 Å². The summed E-state index contributed by atoms with van der Waals surface area (Å²) in [7, 11) is 0. The van der Waals surface area contributed by atoms with E-state index in [4.69, 9.17) is 11.5 Å². The van der Waals surface area contributed by atoms with Gasteiger partial charge in [0, 0.05) is 19.6 Å². The van der Waals surface area contributed by atoms with Crippen LogP contribution in [0.15, 0.2) is 0 Å². The van der Waals surface area contributed by atoms with Gasteiger partial charge in [0.25, 0.3) is 0 Å². The molecule has 0 aromatic rings. The van der Waals surface area contributed by atoms with Crippen molar-refractivity contribution in [2.75, 3.05) is 19.6 Å². The maximum atomic E-state index is 12.4. The summed E-state index contributed by atoms with van der Waals surface area (Å²) >= 11 is 0. The van der Waals surface area contributed by atoms with Gasteiger partial charge in [-0.15, -0.1) is 0 Å². The van der Waals surface area contributed by atoms with E-state index in [9.17, 15) is 9.59 Å². The van der Waals surface area contributed by atoms with Crippen molar-refractivity contribution in [2.24, 2.45) is 28.7 Å². The Bertz CT molecular complexity index is 337. The Morgan fingerprint density at radius 3 is 2.47 bits per heavy atom. The summed E-state index contributed by atoms with van der Waals surface area (Å²) in [5.41, 5.74) is 10.7. The third-order valence-corrected chi connectivity index (χ3v) is 4.20. The number of hydrogen-bond acceptors (Lipinski definition) is 3. The second-order valence-corrected chi connectivity index (χ2v) is 5.64. The molecule has 1 heterocycles. The number of hydrogen-bond donors (Lipinski definition) is 2. The molecule has 1 saturated heterocycles. The van der Waals surface area contributed by atoms with Crippen LogP contribution in [0.5, 0.6) is 0 Å². The Hall–Kier alpha value is -1.10. The molecule has 1 aliphatic carbocycles. The van der Waals surface area contributed by atoms with Gasteiger partial charge in [-0.1, -0.05) is 6.92 Å². The van der Waals surface area contributed by atoms with Gasteiger partial charge in [-0.25, -0.2) is 0 Å². The number of amides is 2. The predicted octanol–water partition coefficient (Wildman–Crippen LogP) is -0.305. The van der Waals surface area contributed by atoms with Gasteiger partial charge in [0.15, 0.2) is 0 Å². The molecule has 0 aromatic heterocycles. The zero-order valence-electron chi connectivity index (χ0n) is 10.3. The van der Waals surface area contributed by atoms with Gasteiger partial charge >= 0.3 is 0 Å². The van der Waals surface area contributed by atoms with Gasteiger partial charge in [0.2, 0.25) is 11.8 Å². The molecule has 2 amide bonds. The smallest absolute Gasteiger partial charge is 0.230 e. The van der Waals surface area contributed by atoms with Gasteiger partial charge in [0.1, 0.15) is 0 Å². The molecule has 96 valence electrons. The zero-order chi connectivity index (χ0) is 12.6. The fourth-order valence-electron chi connectivity index (χ4n) is 3.22. The van der Waals surface area contributed by atoms with E-state index in [2.05, 4.69) is 6.92 Å². The molecular weight excluding hydrogens is 218 g/mol. The van der Waals surface area contributed by atoms with Crippen molar-refractivity contribution in [1.82, 2.24) is 4.90 Å². The molecule has 0 bridgehead atoms. The lowest BCUT2D eigenvalue weighted by molar-refractivity contribution is -0.148. The largest absolute Gasteiger partial charge is 0.369 e. The molecule has 0 aromatic carbocycles. The van der Waals surface area contributed by atoms with Gasteiger partial charge < -0.3 is 16.4 Å². The normalized spacial score (nSPS) is 36.7. The Morgan fingerprint density at radius 2 is 2.06 bits per heavy atom. The Kier molecular flexibility index (Phi) is 3.12. The lowest BCUT2D eigenvalue weighted by Crippen LogP contribution is -2.54. The van der Waals surface area contributed by atoms with E-state index in [1.54, 1.807) is 4.90 Å². The van der Waals surface area contributed by atoms with E-state index in [1.807, 2.05) is 0 Å². The first kappa shape index (κ1) is 12.4. The Labute approximate surface area is 102 Å². The molecule has 1 atom stereocenters. The van der Waals surface area contributed by atoms with Crippen molar-refractivity contribution in [3.63, 3.8) is 0 Å². The first-order valence-electron chi connectivity index (χ1n) is 6.27. The minimum Gasteiger partial charge on any atom is -0.369 e. The van der Waals surface area contributed by atoms with E-state index >= 15 is 0 Å². The Balaban J connectivity index is 1.99. The van der Waals surface area contributed by atoms with Crippen LogP contribution in [0.4, 0.5) is 0 Å². The second kappa shape index (κ2) is 4.29. The number of carbonyl (C=O) groups excluding carboxylic acids is 2. The second-order valence-electron chi connectivity index (χ2n) is 5.64. The topological polar surface area (TPSA) is 89.4 Å². The van der Waals surface area contributed by atoms with E-state index in [-0.39, 0.29) is 23.1 Å². The van der Waals surface area contributed by atoms with Crippen LogP contribution in [-0.4, -0.2) is 36.3 Å². The third-order valence-electron chi connectivity index (χ3n) is 4.20. The highest BCUT2D eigenvalue weighted by Gasteiger charge is 2.50. The SMILES string of the molecule is CC1CC(CN)(C(=O)N2CCC(C(N)=O)C2)C1. The minimum absolute atomic E-state index is 0.127. The van der Waals surface area contributed by atoms with Crippen molar-refractivity contribution in [1.29, 1.82) is 0 Å². The molecule has 1 unspecified atom stereocenters. The summed E-state index contributed by atoms with van der Waals surface area (Å²) in [6.07, 6.45) is 2.44. The third kappa shape index (κ3) is 2.04. The molecule has 1 aliphatic heterocycles. The van der Waals surface area contributed by atoms with Gasteiger partial charge in [-0.2, -0.15) is 0 Å². The first-order chi connectivity index (χ1) is 7.98. The van der Waals surface area contributed by atoms with Crippen molar-refractivity contribution in [3.05, 3.63) is 0 Å². The van der Waals surface area contributed by atoms with E-state index in [0.29, 0.717) is 32.0 Å². The van der Waals surface area contributed by atoms with Gasteiger partial charge in [-0.05, 0) is 25.2 Å².